The number of carbonyl (C=O) groups is 2. The first-order valence-corrected chi connectivity index (χ1v) is 9.67. The summed E-state index contributed by atoms with van der Waals surface area (Å²) < 4.78 is 5.87. The van der Waals surface area contributed by atoms with Crippen LogP contribution in [0.1, 0.15) is 47.0 Å². The minimum atomic E-state index is -1.29. The van der Waals surface area contributed by atoms with Gasteiger partial charge in [-0.3, -0.25) is 4.79 Å². The molecule has 0 aromatic heterocycles. The third kappa shape index (κ3) is 4.02. The van der Waals surface area contributed by atoms with E-state index in [9.17, 15) is 14.7 Å². The van der Waals surface area contributed by atoms with Gasteiger partial charge in [0.15, 0.2) is 5.54 Å². The molecule has 5 nitrogen and oxygen atoms in total. The molecule has 0 aromatic carbocycles. The Morgan fingerprint density at radius 2 is 2.04 bits per heavy atom. The third-order valence-electron chi connectivity index (χ3n) is 5.16. The van der Waals surface area contributed by atoms with Crippen LogP contribution in [0.5, 0.6) is 0 Å². The number of rotatable bonds is 4. The van der Waals surface area contributed by atoms with Crippen LogP contribution in [0.15, 0.2) is 0 Å². The number of amides is 1. The molecule has 0 spiro atoms. The van der Waals surface area contributed by atoms with Crippen molar-refractivity contribution in [3.8, 4) is 0 Å². The van der Waals surface area contributed by atoms with Crippen molar-refractivity contribution in [1.82, 2.24) is 5.32 Å². The van der Waals surface area contributed by atoms with E-state index in [1.165, 1.54) is 18.7 Å². The Balaban J connectivity index is 2.15. The Morgan fingerprint density at radius 1 is 1.35 bits per heavy atom. The van der Waals surface area contributed by atoms with E-state index in [2.05, 4.69) is 26.1 Å². The van der Waals surface area contributed by atoms with Crippen LogP contribution in [0.3, 0.4) is 0 Å². The Hall–Kier alpha value is -0.750. The van der Waals surface area contributed by atoms with E-state index in [4.69, 9.17) is 4.74 Å². The minimum Gasteiger partial charge on any atom is -0.460 e. The molecule has 2 rings (SSSR count). The quantitative estimate of drug-likeness (QED) is 0.763. The number of thioether (sulfide) groups is 1. The summed E-state index contributed by atoms with van der Waals surface area (Å²) in [4.78, 5) is 24.4. The number of nitrogens with one attached hydrogen (secondary N) is 1. The van der Waals surface area contributed by atoms with Gasteiger partial charge in [0.1, 0.15) is 6.10 Å². The first-order valence-electron chi connectivity index (χ1n) is 8.52. The Kier molecular flexibility index (Phi) is 6.00. The van der Waals surface area contributed by atoms with Gasteiger partial charge in [-0.2, -0.15) is 11.8 Å². The lowest BCUT2D eigenvalue weighted by Crippen LogP contribution is -2.62. The van der Waals surface area contributed by atoms with Crippen LogP contribution < -0.4 is 5.32 Å². The van der Waals surface area contributed by atoms with Gasteiger partial charge in [-0.25, -0.2) is 4.79 Å². The average molecular weight is 343 g/mol. The van der Waals surface area contributed by atoms with Crippen LogP contribution in [-0.4, -0.2) is 46.2 Å². The highest BCUT2D eigenvalue weighted by Crippen LogP contribution is 2.37. The van der Waals surface area contributed by atoms with Crippen molar-refractivity contribution < 1.29 is 19.4 Å². The SMILES string of the molecule is CC(=O)NC1(C(=O)O[C@@H]2C[C@H](C)CC[C@H]2C(C)C)CSCC1O. The molecule has 1 amide bonds. The predicted octanol–water partition coefficient (Wildman–Crippen LogP) is 1.97. The molecule has 1 heterocycles. The highest BCUT2D eigenvalue weighted by molar-refractivity contribution is 7.99. The molecule has 1 aliphatic carbocycles. The van der Waals surface area contributed by atoms with E-state index >= 15 is 0 Å². The minimum absolute atomic E-state index is 0.130. The van der Waals surface area contributed by atoms with E-state index < -0.39 is 17.6 Å². The number of aliphatic hydroxyl groups excluding tert-OH is 1. The summed E-state index contributed by atoms with van der Waals surface area (Å²) in [6, 6.07) is 0. The summed E-state index contributed by atoms with van der Waals surface area (Å²) in [5, 5.41) is 12.9. The summed E-state index contributed by atoms with van der Waals surface area (Å²) in [6.45, 7) is 7.86. The van der Waals surface area contributed by atoms with Gasteiger partial charge in [-0.05, 0) is 30.6 Å². The van der Waals surface area contributed by atoms with Gasteiger partial charge in [0.05, 0.1) is 6.10 Å². The standard InChI is InChI=1S/C17H29NO4S/c1-10(2)13-6-5-11(3)7-14(13)22-16(21)17(18-12(4)19)9-23-8-15(17)20/h10-11,13-15,20H,5-9H2,1-4H3,(H,18,19)/t11-,13+,14-,15?,17?/m1/s1. The van der Waals surface area contributed by atoms with Crippen LogP contribution >= 0.6 is 11.8 Å². The fourth-order valence-corrected chi connectivity index (χ4v) is 5.07. The van der Waals surface area contributed by atoms with Crippen molar-refractivity contribution in [2.45, 2.75) is 64.7 Å². The van der Waals surface area contributed by atoms with Crippen molar-refractivity contribution >= 4 is 23.6 Å². The molecule has 0 radical (unpaired) electrons. The van der Waals surface area contributed by atoms with E-state index in [1.807, 2.05) is 0 Å². The summed E-state index contributed by atoms with van der Waals surface area (Å²) in [5.41, 5.74) is -1.29. The van der Waals surface area contributed by atoms with Gasteiger partial charge in [-0.1, -0.05) is 27.2 Å². The van der Waals surface area contributed by atoms with Crippen LogP contribution in [0.2, 0.25) is 0 Å². The molecule has 2 N–H and O–H groups in total. The van der Waals surface area contributed by atoms with Crippen LogP contribution in [0.25, 0.3) is 0 Å². The predicted molar refractivity (Wildman–Crippen MR) is 91.1 cm³/mol. The second-order valence-electron chi connectivity index (χ2n) is 7.45. The monoisotopic (exact) mass is 343 g/mol. The highest BCUT2D eigenvalue weighted by Gasteiger charge is 2.52. The summed E-state index contributed by atoms with van der Waals surface area (Å²) in [5.74, 6) is 1.32. The normalized spacial score (nSPS) is 37.7. The van der Waals surface area contributed by atoms with Crippen molar-refractivity contribution in [3.05, 3.63) is 0 Å². The van der Waals surface area contributed by atoms with Crippen molar-refractivity contribution in [1.29, 1.82) is 0 Å². The maximum absolute atomic E-state index is 12.8. The number of aliphatic hydroxyl groups is 1. The molecule has 0 bridgehead atoms. The molecule has 0 aromatic rings. The summed E-state index contributed by atoms with van der Waals surface area (Å²) in [6.07, 6.45) is 2.04. The molecule has 23 heavy (non-hydrogen) atoms. The maximum Gasteiger partial charge on any atom is 0.335 e. The van der Waals surface area contributed by atoms with E-state index in [-0.39, 0.29) is 12.0 Å². The van der Waals surface area contributed by atoms with Gasteiger partial charge in [-0.15, -0.1) is 0 Å². The number of ether oxygens (including phenoxy) is 1. The zero-order chi connectivity index (χ0) is 17.2. The van der Waals surface area contributed by atoms with Gasteiger partial charge < -0.3 is 15.2 Å². The lowest BCUT2D eigenvalue weighted by Gasteiger charge is -2.39. The topological polar surface area (TPSA) is 75.6 Å². The molecule has 2 fully saturated rings. The van der Waals surface area contributed by atoms with E-state index in [0.717, 1.165) is 19.3 Å². The second-order valence-corrected chi connectivity index (χ2v) is 8.48. The van der Waals surface area contributed by atoms with Crippen molar-refractivity contribution in [2.75, 3.05) is 11.5 Å². The number of hydrogen-bond acceptors (Lipinski definition) is 5. The smallest absolute Gasteiger partial charge is 0.335 e. The summed E-state index contributed by atoms with van der Waals surface area (Å²) in [7, 11) is 0. The molecule has 1 saturated carbocycles. The van der Waals surface area contributed by atoms with Crippen molar-refractivity contribution in [2.24, 2.45) is 17.8 Å². The molecule has 5 atom stereocenters. The summed E-state index contributed by atoms with van der Waals surface area (Å²) >= 11 is 1.46. The number of esters is 1. The molecule has 6 heteroatoms. The largest absolute Gasteiger partial charge is 0.460 e. The molecular formula is C17H29NO4S. The fourth-order valence-electron chi connectivity index (χ4n) is 3.74. The van der Waals surface area contributed by atoms with Crippen LogP contribution in [0.4, 0.5) is 0 Å². The van der Waals surface area contributed by atoms with Crippen LogP contribution in [0, 0.1) is 17.8 Å². The fraction of sp³-hybridized carbons (Fsp3) is 0.882. The third-order valence-corrected chi connectivity index (χ3v) is 6.37. The number of hydrogen-bond donors (Lipinski definition) is 2. The molecule has 132 valence electrons. The molecular weight excluding hydrogens is 314 g/mol. The zero-order valence-electron chi connectivity index (χ0n) is 14.5. The Morgan fingerprint density at radius 3 is 2.57 bits per heavy atom. The van der Waals surface area contributed by atoms with Crippen molar-refractivity contribution in [3.63, 3.8) is 0 Å². The molecule has 2 aliphatic rings. The van der Waals surface area contributed by atoms with Crippen LogP contribution in [-0.2, 0) is 14.3 Å². The van der Waals surface area contributed by atoms with Gasteiger partial charge in [0, 0.05) is 18.4 Å². The lowest BCUT2D eigenvalue weighted by atomic mass is 9.75. The van der Waals surface area contributed by atoms with Gasteiger partial charge in [0.25, 0.3) is 0 Å². The maximum atomic E-state index is 12.8. The van der Waals surface area contributed by atoms with Gasteiger partial charge in [0.2, 0.25) is 5.91 Å². The number of carbonyl (C=O) groups excluding carboxylic acids is 2. The second kappa shape index (κ2) is 7.43. The Bertz CT molecular complexity index is 456. The first-order chi connectivity index (χ1) is 10.8. The van der Waals surface area contributed by atoms with Gasteiger partial charge >= 0.3 is 5.97 Å². The highest BCUT2D eigenvalue weighted by atomic mass is 32.2. The van der Waals surface area contributed by atoms with E-state index in [0.29, 0.717) is 29.3 Å². The Labute approximate surface area is 142 Å². The molecule has 1 aliphatic heterocycles. The molecule has 1 saturated heterocycles. The van der Waals surface area contributed by atoms with E-state index in [1.54, 1.807) is 0 Å². The first kappa shape index (κ1) is 18.6. The molecule has 2 unspecified atom stereocenters. The zero-order valence-corrected chi connectivity index (χ0v) is 15.3. The lowest BCUT2D eigenvalue weighted by molar-refractivity contribution is -0.168. The average Bonchev–Trinajstić information content (AvgIpc) is 2.80.